The molecule has 0 amide bonds. The highest BCUT2D eigenvalue weighted by Crippen LogP contribution is 1.95. The van der Waals surface area contributed by atoms with Crippen molar-refractivity contribution in [3.8, 4) is 0 Å². The van der Waals surface area contributed by atoms with Gasteiger partial charge in [-0.1, -0.05) is 13.8 Å². The third kappa shape index (κ3) is 1.58. The fourth-order valence-electron chi connectivity index (χ4n) is 0.809. The number of hydrogen-bond donors (Lipinski definition) is 0. The third-order valence-electron chi connectivity index (χ3n) is 1.28. The zero-order valence-electron chi connectivity index (χ0n) is 7.52. The largest absolute Gasteiger partial charge is 0.213 e. The molecule has 2 aromatic heterocycles. The van der Waals surface area contributed by atoms with E-state index in [9.17, 15) is 0 Å². The Morgan fingerprint density at radius 3 is 2.75 bits per heavy atom. The lowest BCUT2D eigenvalue weighted by molar-refractivity contribution is 0.781. The van der Waals surface area contributed by atoms with Crippen molar-refractivity contribution in [2.24, 2.45) is 0 Å². The van der Waals surface area contributed by atoms with Crippen molar-refractivity contribution in [1.82, 2.24) is 19.8 Å². The molecule has 0 N–H and O–H groups in total. The van der Waals surface area contributed by atoms with E-state index in [2.05, 4.69) is 15.2 Å². The summed E-state index contributed by atoms with van der Waals surface area (Å²) in [4.78, 5) is 3.95. The van der Waals surface area contributed by atoms with Crippen LogP contribution >= 0.6 is 0 Å². The molecule has 0 aliphatic rings. The minimum absolute atomic E-state index is 0.783. The molecule has 0 aliphatic carbocycles. The second-order valence-electron chi connectivity index (χ2n) is 2.08. The Labute approximate surface area is 71.2 Å². The number of fused-ring (bicyclic) bond motifs is 1. The molecular weight excluding hydrogens is 152 g/mol. The Bertz CT molecular complexity index is 353. The van der Waals surface area contributed by atoms with Gasteiger partial charge in [0.15, 0.2) is 5.65 Å². The average molecular weight is 164 g/mol. The van der Waals surface area contributed by atoms with Gasteiger partial charge in [0.1, 0.15) is 6.33 Å². The molecule has 0 saturated carbocycles. The summed E-state index contributed by atoms with van der Waals surface area (Å²) in [5, 5.41) is 7.95. The summed E-state index contributed by atoms with van der Waals surface area (Å²) in [5.74, 6) is 0. The topological polar surface area (TPSA) is 43.1 Å². The van der Waals surface area contributed by atoms with Crippen LogP contribution in [0.2, 0.25) is 0 Å². The SMILES string of the molecule is CC.Cc1ccc2ncnn2n1. The van der Waals surface area contributed by atoms with Crippen molar-refractivity contribution >= 4 is 5.65 Å². The smallest absolute Gasteiger partial charge is 0.176 e. The highest BCUT2D eigenvalue weighted by Gasteiger charge is 1.92. The third-order valence-corrected chi connectivity index (χ3v) is 1.28. The average Bonchev–Trinajstić information content (AvgIpc) is 2.54. The summed E-state index contributed by atoms with van der Waals surface area (Å²) >= 11 is 0. The van der Waals surface area contributed by atoms with Gasteiger partial charge in [-0.05, 0) is 19.1 Å². The normalized spacial score (nSPS) is 9.25. The van der Waals surface area contributed by atoms with Gasteiger partial charge in [-0.25, -0.2) is 4.98 Å². The lowest BCUT2D eigenvalue weighted by Crippen LogP contribution is -1.94. The minimum atomic E-state index is 0.783. The van der Waals surface area contributed by atoms with E-state index in [1.54, 1.807) is 0 Å². The molecule has 0 radical (unpaired) electrons. The standard InChI is InChI=1S/C6H6N4.C2H6/c1-5-2-3-6-7-4-8-10(6)9-5;1-2/h2-4H,1H3;1-2H3. The first kappa shape index (κ1) is 8.64. The molecule has 2 aromatic rings. The van der Waals surface area contributed by atoms with Crippen LogP contribution in [0.1, 0.15) is 19.5 Å². The van der Waals surface area contributed by atoms with Crippen LogP contribution in [0.15, 0.2) is 18.5 Å². The maximum atomic E-state index is 4.08. The molecule has 0 unspecified atom stereocenters. The summed E-state index contributed by atoms with van der Waals surface area (Å²) in [7, 11) is 0. The van der Waals surface area contributed by atoms with Crippen LogP contribution in [0.25, 0.3) is 5.65 Å². The monoisotopic (exact) mass is 164 g/mol. The Morgan fingerprint density at radius 2 is 2.00 bits per heavy atom. The molecule has 64 valence electrons. The van der Waals surface area contributed by atoms with Crippen molar-refractivity contribution in [2.75, 3.05) is 0 Å². The lowest BCUT2D eigenvalue weighted by Gasteiger charge is -1.89. The van der Waals surface area contributed by atoms with Crippen molar-refractivity contribution in [3.05, 3.63) is 24.2 Å². The Balaban J connectivity index is 0.000000336. The molecule has 12 heavy (non-hydrogen) atoms. The molecule has 0 aromatic carbocycles. The van der Waals surface area contributed by atoms with E-state index in [4.69, 9.17) is 0 Å². The van der Waals surface area contributed by atoms with Crippen LogP contribution in [0, 0.1) is 6.92 Å². The van der Waals surface area contributed by atoms with E-state index in [-0.39, 0.29) is 0 Å². The first-order valence-corrected chi connectivity index (χ1v) is 4.00. The molecule has 4 nitrogen and oxygen atoms in total. The number of rotatable bonds is 0. The minimum Gasteiger partial charge on any atom is -0.213 e. The molecule has 2 rings (SSSR count). The van der Waals surface area contributed by atoms with Crippen LogP contribution < -0.4 is 0 Å². The van der Waals surface area contributed by atoms with Gasteiger partial charge >= 0.3 is 0 Å². The molecule has 0 bridgehead atoms. The maximum Gasteiger partial charge on any atom is 0.176 e. The Morgan fingerprint density at radius 1 is 1.25 bits per heavy atom. The molecule has 0 saturated heterocycles. The maximum absolute atomic E-state index is 4.08. The molecule has 0 fully saturated rings. The highest BCUT2D eigenvalue weighted by molar-refractivity contribution is 5.33. The second-order valence-corrected chi connectivity index (χ2v) is 2.08. The first-order valence-electron chi connectivity index (χ1n) is 4.00. The number of hydrogen-bond acceptors (Lipinski definition) is 3. The summed E-state index contributed by atoms with van der Waals surface area (Å²) in [6, 6.07) is 3.79. The van der Waals surface area contributed by atoms with Crippen LogP contribution in [0.3, 0.4) is 0 Å². The lowest BCUT2D eigenvalue weighted by atomic mass is 10.4. The summed E-state index contributed by atoms with van der Waals surface area (Å²) in [6.45, 7) is 5.92. The van der Waals surface area contributed by atoms with Crippen molar-refractivity contribution in [2.45, 2.75) is 20.8 Å². The van der Waals surface area contributed by atoms with E-state index in [1.807, 2.05) is 32.9 Å². The number of nitrogens with zero attached hydrogens (tertiary/aromatic N) is 4. The van der Waals surface area contributed by atoms with Crippen LogP contribution in [-0.4, -0.2) is 19.8 Å². The van der Waals surface area contributed by atoms with E-state index in [0.717, 1.165) is 11.3 Å². The van der Waals surface area contributed by atoms with Gasteiger partial charge < -0.3 is 0 Å². The van der Waals surface area contributed by atoms with Crippen molar-refractivity contribution in [1.29, 1.82) is 0 Å². The van der Waals surface area contributed by atoms with Gasteiger partial charge in [-0.2, -0.15) is 5.10 Å². The van der Waals surface area contributed by atoms with E-state index < -0.39 is 0 Å². The van der Waals surface area contributed by atoms with Gasteiger partial charge in [-0.15, -0.1) is 9.73 Å². The quantitative estimate of drug-likeness (QED) is 0.592. The summed E-state index contributed by atoms with van der Waals surface area (Å²) in [6.07, 6.45) is 1.49. The Hall–Kier alpha value is -1.45. The summed E-state index contributed by atoms with van der Waals surface area (Å²) < 4.78 is 1.51. The Kier molecular flexibility index (Phi) is 2.74. The van der Waals surface area contributed by atoms with Crippen LogP contribution in [-0.2, 0) is 0 Å². The highest BCUT2D eigenvalue weighted by atomic mass is 15.4. The van der Waals surface area contributed by atoms with Gasteiger partial charge in [0.25, 0.3) is 0 Å². The van der Waals surface area contributed by atoms with Gasteiger partial charge in [0.05, 0.1) is 5.69 Å². The van der Waals surface area contributed by atoms with Gasteiger partial charge in [-0.3, -0.25) is 0 Å². The molecule has 0 aliphatic heterocycles. The zero-order valence-corrected chi connectivity index (χ0v) is 7.52. The molecule has 4 heteroatoms. The molecule has 0 atom stereocenters. The summed E-state index contributed by atoms with van der Waals surface area (Å²) in [5.41, 5.74) is 1.73. The molecular formula is C8H12N4. The fourth-order valence-corrected chi connectivity index (χ4v) is 0.809. The van der Waals surface area contributed by atoms with E-state index in [0.29, 0.717) is 0 Å². The molecule has 2 heterocycles. The number of aryl methyl sites for hydroxylation is 1. The molecule has 0 spiro atoms. The predicted molar refractivity (Wildman–Crippen MR) is 46.9 cm³/mol. The van der Waals surface area contributed by atoms with Crippen molar-refractivity contribution < 1.29 is 0 Å². The predicted octanol–water partition coefficient (Wildman–Crippen LogP) is 1.46. The zero-order chi connectivity index (χ0) is 8.97. The van der Waals surface area contributed by atoms with E-state index in [1.165, 1.54) is 11.0 Å². The fraction of sp³-hybridized carbons (Fsp3) is 0.375. The van der Waals surface area contributed by atoms with Crippen molar-refractivity contribution in [3.63, 3.8) is 0 Å². The van der Waals surface area contributed by atoms with Crippen LogP contribution in [0.5, 0.6) is 0 Å². The first-order chi connectivity index (χ1) is 5.86. The van der Waals surface area contributed by atoms with Gasteiger partial charge in [0, 0.05) is 0 Å². The second kappa shape index (κ2) is 3.80. The van der Waals surface area contributed by atoms with Crippen LogP contribution in [0.4, 0.5) is 0 Å². The van der Waals surface area contributed by atoms with E-state index >= 15 is 0 Å². The van der Waals surface area contributed by atoms with Gasteiger partial charge in [0.2, 0.25) is 0 Å². The number of aromatic nitrogens is 4.